The Bertz CT molecular complexity index is 377. The van der Waals surface area contributed by atoms with Crippen molar-refractivity contribution in [2.24, 2.45) is 5.92 Å². The highest BCUT2D eigenvalue weighted by molar-refractivity contribution is 6.06. The molecule has 0 unspecified atom stereocenters. The second-order valence-corrected chi connectivity index (χ2v) is 5.40. The van der Waals surface area contributed by atoms with Crippen molar-refractivity contribution in [1.29, 1.82) is 0 Å². The first-order chi connectivity index (χ1) is 8.47. The van der Waals surface area contributed by atoms with Crippen molar-refractivity contribution >= 4 is 17.8 Å². The number of hydrogen-bond donors (Lipinski definition) is 2. The molecule has 6 heteroatoms. The molecular formula is C12H19N3O3. The minimum Gasteiger partial charge on any atom is -0.352 e. The fraction of sp³-hybridized carbons (Fsp3) is 0.750. The second-order valence-electron chi connectivity index (χ2n) is 5.40. The highest BCUT2D eigenvalue weighted by Crippen LogP contribution is 2.19. The lowest BCUT2D eigenvalue weighted by atomic mass is 10.0. The van der Waals surface area contributed by atoms with Crippen LogP contribution in [0.15, 0.2) is 0 Å². The topological polar surface area (TPSA) is 78.5 Å². The Kier molecular flexibility index (Phi) is 3.54. The molecule has 2 N–H and O–H groups in total. The number of amides is 4. The summed E-state index contributed by atoms with van der Waals surface area (Å²) in [4.78, 5) is 36.2. The largest absolute Gasteiger partial charge is 0.352 e. The molecule has 0 spiro atoms. The fourth-order valence-electron chi connectivity index (χ4n) is 2.00. The second kappa shape index (κ2) is 4.96. The molecule has 6 nitrogen and oxygen atoms in total. The van der Waals surface area contributed by atoms with Gasteiger partial charge < -0.3 is 10.6 Å². The Labute approximate surface area is 106 Å². The van der Waals surface area contributed by atoms with Gasteiger partial charge in [0.1, 0.15) is 12.6 Å². The first-order valence-corrected chi connectivity index (χ1v) is 6.38. The zero-order valence-corrected chi connectivity index (χ0v) is 10.7. The summed E-state index contributed by atoms with van der Waals surface area (Å²) in [5.74, 6) is -0.231. The maximum absolute atomic E-state index is 12.0. The van der Waals surface area contributed by atoms with Crippen LogP contribution in [0.3, 0.4) is 0 Å². The Balaban J connectivity index is 1.89. The van der Waals surface area contributed by atoms with Gasteiger partial charge in [0.05, 0.1) is 0 Å². The zero-order chi connectivity index (χ0) is 13.3. The number of carbonyl (C=O) groups is 3. The van der Waals surface area contributed by atoms with Crippen molar-refractivity contribution < 1.29 is 14.4 Å². The zero-order valence-electron chi connectivity index (χ0n) is 10.7. The van der Waals surface area contributed by atoms with E-state index in [1.54, 1.807) is 0 Å². The van der Waals surface area contributed by atoms with Gasteiger partial charge in [-0.25, -0.2) is 4.79 Å². The predicted molar refractivity (Wildman–Crippen MR) is 64.7 cm³/mol. The molecule has 2 rings (SSSR count). The molecule has 1 atom stereocenters. The molecule has 2 aliphatic rings. The van der Waals surface area contributed by atoms with Gasteiger partial charge in [-0.2, -0.15) is 0 Å². The average molecular weight is 253 g/mol. The van der Waals surface area contributed by atoms with Gasteiger partial charge in [0.15, 0.2) is 0 Å². The molecule has 1 heterocycles. The van der Waals surface area contributed by atoms with E-state index in [-0.39, 0.29) is 24.4 Å². The van der Waals surface area contributed by atoms with Crippen molar-refractivity contribution in [2.75, 3.05) is 6.54 Å². The maximum Gasteiger partial charge on any atom is 0.325 e. The molecule has 0 aromatic carbocycles. The number of rotatable bonds is 5. The van der Waals surface area contributed by atoms with Gasteiger partial charge in [-0.3, -0.25) is 14.5 Å². The van der Waals surface area contributed by atoms with Crippen LogP contribution in [0.25, 0.3) is 0 Å². The van der Waals surface area contributed by atoms with Gasteiger partial charge >= 0.3 is 6.03 Å². The lowest BCUT2D eigenvalue weighted by Gasteiger charge is -2.13. The van der Waals surface area contributed by atoms with E-state index in [1.807, 2.05) is 13.8 Å². The number of hydrogen-bond acceptors (Lipinski definition) is 3. The van der Waals surface area contributed by atoms with Crippen LogP contribution < -0.4 is 10.6 Å². The van der Waals surface area contributed by atoms with E-state index >= 15 is 0 Å². The molecule has 1 aliphatic heterocycles. The summed E-state index contributed by atoms with van der Waals surface area (Å²) in [6.45, 7) is 3.81. The van der Waals surface area contributed by atoms with E-state index in [9.17, 15) is 14.4 Å². The molecule has 18 heavy (non-hydrogen) atoms. The molecule has 0 aromatic rings. The van der Waals surface area contributed by atoms with Crippen molar-refractivity contribution in [2.45, 2.75) is 45.2 Å². The molecule has 1 aliphatic carbocycles. The van der Waals surface area contributed by atoms with E-state index in [2.05, 4.69) is 10.6 Å². The fourth-order valence-corrected chi connectivity index (χ4v) is 2.00. The van der Waals surface area contributed by atoms with Crippen LogP contribution in [-0.4, -0.2) is 41.4 Å². The van der Waals surface area contributed by atoms with Crippen LogP contribution in [0.4, 0.5) is 4.79 Å². The summed E-state index contributed by atoms with van der Waals surface area (Å²) in [5, 5.41) is 5.38. The van der Waals surface area contributed by atoms with Crippen LogP contribution in [0.1, 0.15) is 33.1 Å². The van der Waals surface area contributed by atoms with Crippen molar-refractivity contribution in [3.05, 3.63) is 0 Å². The first-order valence-electron chi connectivity index (χ1n) is 6.38. The summed E-state index contributed by atoms with van der Waals surface area (Å²) in [7, 11) is 0. The smallest absolute Gasteiger partial charge is 0.325 e. The van der Waals surface area contributed by atoms with Gasteiger partial charge in [0.25, 0.3) is 5.91 Å². The van der Waals surface area contributed by atoms with Gasteiger partial charge in [0, 0.05) is 6.04 Å². The van der Waals surface area contributed by atoms with Gasteiger partial charge in [-0.05, 0) is 25.2 Å². The van der Waals surface area contributed by atoms with Crippen LogP contribution in [0.2, 0.25) is 0 Å². The molecule has 1 saturated carbocycles. The van der Waals surface area contributed by atoms with Gasteiger partial charge in [-0.15, -0.1) is 0 Å². The van der Waals surface area contributed by atoms with E-state index in [4.69, 9.17) is 0 Å². The Hall–Kier alpha value is -1.59. The van der Waals surface area contributed by atoms with E-state index < -0.39 is 12.1 Å². The third-order valence-corrected chi connectivity index (χ3v) is 3.06. The van der Waals surface area contributed by atoms with Crippen LogP contribution in [0, 0.1) is 5.92 Å². The number of urea groups is 1. The molecular weight excluding hydrogens is 234 g/mol. The molecule has 2 fully saturated rings. The van der Waals surface area contributed by atoms with E-state index in [0.717, 1.165) is 17.7 Å². The highest BCUT2D eigenvalue weighted by atomic mass is 16.2. The van der Waals surface area contributed by atoms with Crippen molar-refractivity contribution in [3.8, 4) is 0 Å². The van der Waals surface area contributed by atoms with Crippen molar-refractivity contribution in [3.63, 3.8) is 0 Å². The molecule has 0 bridgehead atoms. The molecule has 4 amide bonds. The predicted octanol–water partition coefficient (Wildman–Crippen LogP) is 0.231. The van der Waals surface area contributed by atoms with E-state index in [0.29, 0.717) is 12.3 Å². The third kappa shape index (κ3) is 3.00. The summed E-state index contributed by atoms with van der Waals surface area (Å²) < 4.78 is 0. The minimum absolute atomic E-state index is 0.171. The van der Waals surface area contributed by atoms with E-state index in [1.165, 1.54) is 0 Å². The molecule has 1 saturated heterocycles. The quantitative estimate of drug-likeness (QED) is 0.688. The first kappa shape index (κ1) is 12.9. The van der Waals surface area contributed by atoms with Crippen LogP contribution in [-0.2, 0) is 9.59 Å². The Morgan fingerprint density at radius 2 is 2.11 bits per heavy atom. The highest BCUT2D eigenvalue weighted by Gasteiger charge is 2.39. The Morgan fingerprint density at radius 3 is 2.67 bits per heavy atom. The summed E-state index contributed by atoms with van der Waals surface area (Å²) in [6.07, 6.45) is 2.58. The number of nitrogens with zero attached hydrogens (tertiary/aromatic N) is 1. The maximum atomic E-state index is 12.0. The number of imide groups is 1. The lowest BCUT2D eigenvalue weighted by Crippen LogP contribution is -2.41. The molecule has 0 aromatic heterocycles. The summed E-state index contributed by atoms with van der Waals surface area (Å²) in [5.41, 5.74) is 0. The number of nitrogens with one attached hydrogen (secondary N) is 2. The SMILES string of the molecule is CC(C)C[C@@H]1NC(=O)N(CC(=O)NC2CC2)C1=O. The normalized spacial score (nSPS) is 23.5. The number of carbonyl (C=O) groups excluding carboxylic acids is 3. The summed E-state index contributed by atoms with van der Waals surface area (Å²) >= 11 is 0. The Morgan fingerprint density at radius 1 is 1.44 bits per heavy atom. The standard InChI is InChI=1S/C12H19N3O3/c1-7(2)5-9-11(17)15(12(18)14-9)6-10(16)13-8-3-4-8/h7-9H,3-6H2,1-2H3,(H,13,16)(H,14,18)/t9-/m0/s1. The van der Waals surface area contributed by atoms with Gasteiger partial charge in [0.2, 0.25) is 5.91 Å². The monoisotopic (exact) mass is 253 g/mol. The van der Waals surface area contributed by atoms with Crippen molar-refractivity contribution in [1.82, 2.24) is 15.5 Å². The third-order valence-electron chi connectivity index (χ3n) is 3.06. The average Bonchev–Trinajstić information content (AvgIpc) is 3.02. The van der Waals surface area contributed by atoms with Crippen LogP contribution in [0.5, 0.6) is 0 Å². The molecule has 0 radical (unpaired) electrons. The molecule has 100 valence electrons. The minimum atomic E-state index is -0.480. The van der Waals surface area contributed by atoms with Crippen LogP contribution >= 0.6 is 0 Å². The lowest BCUT2D eigenvalue weighted by molar-refractivity contribution is -0.132. The summed E-state index contributed by atoms with van der Waals surface area (Å²) in [6, 6.07) is -0.701. The van der Waals surface area contributed by atoms with Gasteiger partial charge in [-0.1, -0.05) is 13.8 Å².